The Balaban J connectivity index is 0. The molecule has 0 saturated carbocycles. The molecule has 0 bridgehead atoms. The van der Waals surface area contributed by atoms with Crippen LogP contribution in [0.2, 0.25) is 0 Å². The van der Waals surface area contributed by atoms with Crippen LogP contribution in [0.5, 0.6) is 0 Å². The monoisotopic (exact) mass is 307 g/mol. The molecule has 0 aromatic carbocycles. The summed E-state index contributed by atoms with van der Waals surface area (Å²) in [6.07, 6.45) is 0. The maximum atomic E-state index is 8.70. The van der Waals surface area contributed by atoms with Crippen LogP contribution in [-0.4, -0.2) is 26.6 Å². The number of rotatable bonds is 0. The van der Waals surface area contributed by atoms with Crippen LogP contribution in [0.25, 0.3) is 0 Å². The SMILES string of the molecule is O=[P+](O)O.[Cl][Sb]([Cl])[Cl]. The van der Waals surface area contributed by atoms with Gasteiger partial charge in [0.05, 0.1) is 0 Å². The Morgan fingerprint density at radius 1 is 1.25 bits per heavy atom. The van der Waals surface area contributed by atoms with Gasteiger partial charge < -0.3 is 0 Å². The van der Waals surface area contributed by atoms with E-state index in [0.717, 1.165) is 0 Å². The molecule has 8 heteroatoms. The summed E-state index contributed by atoms with van der Waals surface area (Å²) in [5.41, 5.74) is 0. The summed E-state index contributed by atoms with van der Waals surface area (Å²) in [6.45, 7) is 0. The Bertz CT molecular complexity index is 58.8. The van der Waals surface area contributed by atoms with Crippen LogP contribution in [-0.2, 0) is 4.57 Å². The van der Waals surface area contributed by atoms with Crippen molar-refractivity contribution in [3.63, 3.8) is 0 Å². The molecule has 0 aromatic rings. The average Bonchev–Trinajstić information content (AvgIpc) is 1.25. The molecule has 0 aliphatic carbocycles. The molecule has 0 amide bonds. The molecule has 50 valence electrons. The van der Waals surface area contributed by atoms with E-state index in [1.807, 2.05) is 0 Å². The van der Waals surface area contributed by atoms with Crippen molar-refractivity contribution in [2.24, 2.45) is 0 Å². The fraction of sp³-hybridized carbons (Fsp3) is 0. The van der Waals surface area contributed by atoms with E-state index in [1.54, 1.807) is 0 Å². The van der Waals surface area contributed by atoms with Gasteiger partial charge >= 0.3 is 51.5 Å². The van der Waals surface area contributed by atoms with Gasteiger partial charge in [-0.2, -0.15) is 0 Å². The molecule has 0 rings (SSSR count). The van der Waals surface area contributed by atoms with Crippen molar-refractivity contribution in [1.82, 2.24) is 0 Å². The first-order valence-corrected chi connectivity index (χ1v) is 12.0. The van der Waals surface area contributed by atoms with Crippen LogP contribution in [0.1, 0.15) is 0 Å². The fourth-order valence-electron chi connectivity index (χ4n) is 0. The van der Waals surface area contributed by atoms with E-state index in [2.05, 4.69) is 0 Å². The molecule has 0 aliphatic heterocycles. The van der Waals surface area contributed by atoms with Crippen molar-refractivity contribution in [2.75, 3.05) is 0 Å². The Morgan fingerprint density at radius 3 is 1.25 bits per heavy atom. The standard InChI is InChI=1S/3ClH.HO3P.Sb/c;;;1-4(2)3;/h3*1H;(H-,1,2,3);/q;;;;+3/p-2. The zero-order valence-electron chi connectivity index (χ0n) is 3.33. The third-order valence-corrected chi connectivity index (χ3v) is 0. The first kappa shape index (κ1) is 12.4. The van der Waals surface area contributed by atoms with Gasteiger partial charge in [0.2, 0.25) is 0 Å². The van der Waals surface area contributed by atoms with Gasteiger partial charge in [0.15, 0.2) is 0 Å². The van der Waals surface area contributed by atoms with Gasteiger partial charge in [-0.1, -0.05) is 0 Å². The molecule has 0 heterocycles. The summed E-state index contributed by atoms with van der Waals surface area (Å²) in [5, 5.41) is 0. The van der Waals surface area contributed by atoms with Gasteiger partial charge in [-0.3, -0.25) is 0 Å². The van der Waals surface area contributed by atoms with Crippen molar-refractivity contribution < 1.29 is 14.4 Å². The molecule has 0 saturated heterocycles. The van der Waals surface area contributed by atoms with Gasteiger partial charge in [0.1, 0.15) is 0 Å². The predicted octanol–water partition coefficient (Wildman–Crippen LogP) is 1.32. The van der Waals surface area contributed by atoms with E-state index in [0.29, 0.717) is 0 Å². The second-order valence-electron chi connectivity index (χ2n) is 0.444. The van der Waals surface area contributed by atoms with Crippen LogP contribution in [0, 0.1) is 0 Å². The van der Waals surface area contributed by atoms with E-state index in [4.69, 9.17) is 40.8 Å². The first-order chi connectivity index (χ1) is 3.46. The second-order valence-corrected chi connectivity index (χ2v) is 12.3. The molecule has 0 radical (unpaired) electrons. The van der Waals surface area contributed by atoms with Gasteiger partial charge in [-0.25, -0.2) is 0 Å². The Labute approximate surface area is 65.5 Å². The molecular formula is H2Cl3O3PSb+. The molecule has 0 unspecified atom stereocenters. The third kappa shape index (κ3) is 119. The molecular weight excluding hydrogens is 307 g/mol. The Hall–Kier alpha value is 1.71. The summed E-state index contributed by atoms with van der Waals surface area (Å²) in [6, 6.07) is 0. The number of halogens is 3. The van der Waals surface area contributed by atoms with Gasteiger partial charge in [-0.15, -0.1) is 9.79 Å². The summed E-state index contributed by atoms with van der Waals surface area (Å²) in [7, 11) is 12.1. The van der Waals surface area contributed by atoms with Gasteiger partial charge in [0, 0.05) is 4.57 Å². The minimum atomic E-state index is -2.87. The quantitative estimate of drug-likeness (QED) is 0.524. The molecule has 2 N–H and O–H groups in total. The Morgan fingerprint density at radius 2 is 1.25 bits per heavy atom. The maximum absolute atomic E-state index is 8.70. The van der Waals surface area contributed by atoms with Crippen LogP contribution in [0.3, 0.4) is 0 Å². The summed E-state index contributed by atoms with van der Waals surface area (Å²) in [4.78, 5) is 14.2. The zero-order valence-corrected chi connectivity index (χ0v) is 9.05. The van der Waals surface area contributed by atoms with E-state index in [9.17, 15) is 0 Å². The molecule has 0 atom stereocenters. The van der Waals surface area contributed by atoms with Crippen LogP contribution in [0.4, 0.5) is 0 Å². The topological polar surface area (TPSA) is 57.5 Å². The summed E-state index contributed by atoms with van der Waals surface area (Å²) < 4.78 is 8.70. The van der Waals surface area contributed by atoms with Crippen LogP contribution < -0.4 is 0 Å². The van der Waals surface area contributed by atoms with E-state index in [1.165, 1.54) is 0 Å². The molecule has 8 heavy (non-hydrogen) atoms. The van der Waals surface area contributed by atoms with Crippen molar-refractivity contribution >= 4 is 51.5 Å². The van der Waals surface area contributed by atoms with Crippen LogP contribution in [0.15, 0.2) is 0 Å². The number of hydrogen-bond acceptors (Lipinski definition) is 1. The molecule has 0 aromatic heterocycles. The normalized spacial score (nSPS) is 7.75. The van der Waals surface area contributed by atoms with Crippen molar-refractivity contribution in [1.29, 1.82) is 0 Å². The predicted molar refractivity (Wildman–Crippen MR) is 35.4 cm³/mol. The molecule has 0 spiro atoms. The van der Waals surface area contributed by atoms with Crippen molar-refractivity contribution in [3.8, 4) is 0 Å². The molecule has 0 fully saturated rings. The zero-order chi connectivity index (χ0) is 7.15. The number of hydrogen-bond donors (Lipinski definition) is 2. The van der Waals surface area contributed by atoms with Gasteiger partial charge in [0.25, 0.3) is 0 Å². The summed E-state index contributed by atoms with van der Waals surface area (Å²) >= 11 is -2.03. The van der Waals surface area contributed by atoms with Crippen molar-refractivity contribution in [2.45, 2.75) is 0 Å². The summed E-state index contributed by atoms with van der Waals surface area (Å²) in [5.74, 6) is 0. The van der Waals surface area contributed by atoms with E-state index >= 15 is 0 Å². The van der Waals surface area contributed by atoms with Crippen LogP contribution >= 0.6 is 34.7 Å². The van der Waals surface area contributed by atoms with Gasteiger partial charge in [-0.05, 0) is 0 Å². The van der Waals surface area contributed by atoms with E-state index < -0.39 is 25.0 Å². The second kappa shape index (κ2) is 8.71. The fourth-order valence-corrected chi connectivity index (χ4v) is 0. The van der Waals surface area contributed by atoms with E-state index in [-0.39, 0.29) is 0 Å². The minimum absolute atomic E-state index is 2.03. The third-order valence-electron chi connectivity index (χ3n) is 0. The van der Waals surface area contributed by atoms with Crippen molar-refractivity contribution in [3.05, 3.63) is 0 Å². The molecule has 3 nitrogen and oxygen atoms in total. The first-order valence-electron chi connectivity index (χ1n) is 1.09. The Kier molecular flexibility index (Phi) is 13.5. The average molecular weight is 309 g/mol. The molecule has 0 aliphatic rings.